The zero-order chi connectivity index (χ0) is 22.3. The van der Waals surface area contributed by atoms with Gasteiger partial charge in [0.1, 0.15) is 11.4 Å². The minimum absolute atomic E-state index is 0.0580. The van der Waals surface area contributed by atoms with E-state index in [1.54, 1.807) is 23.9 Å². The van der Waals surface area contributed by atoms with Crippen LogP contribution in [0.25, 0.3) is 10.2 Å². The number of aryl methyl sites for hydroxylation is 1. The summed E-state index contributed by atoms with van der Waals surface area (Å²) in [5.74, 6) is 0.288. The third-order valence-electron chi connectivity index (χ3n) is 5.03. The summed E-state index contributed by atoms with van der Waals surface area (Å²) < 4.78 is 15.1. The highest BCUT2D eigenvalue weighted by Crippen LogP contribution is 2.25. The molecule has 0 radical (unpaired) electrons. The molecule has 1 atom stereocenters. The number of aromatic nitrogens is 3. The van der Waals surface area contributed by atoms with Crippen LogP contribution in [0.2, 0.25) is 0 Å². The van der Waals surface area contributed by atoms with Crippen LogP contribution in [0.1, 0.15) is 33.9 Å². The number of hydrogen-bond acceptors (Lipinski definition) is 6. The Bertz CT molecular complexity index is 1170. The molecule has 4 aromatic rings. The van der Waals surface area contributed by atoms with Crippen LogP contribution in [0.4, 0.5) is 0 Å². The minimum Gasteiger partial charge on any atom is -0.494 e. The normalized spacial score (nSPS) is 12.2. The highest BCUT2D eigenvalue weighted by Gasteiger charge is 2.13. The number of nitrogens with zero attached hydrogens (tertiary/aromatic N) is 3. The van der Waals surface area contributed by atoms with Crippen molar-refractivity contribution in [1.82, 2.24) is 14.5 Å². The molecule has 32 heavy (non-hydrogen) atoms. The van der Waals surface area contributed by atoms with E-state index in [0.29, 0.717) is 19.8 Å². The number of primary amides is 1. The van der Waals surface area contributed by atoms with Gasteiger partial charge in [0.15, 0.2) is 0 Å². The second-order valence-corrected chi connectivity index (χ2v) is 8.83. The lowest BCUT2D eigenvalue weighted by atomic mass is 10.2. The molecule has 8 heteroatoms. The van der Waals surface area contributed by atoms with E-state index >= 15 is 0 Å². The van der Waals surface area contributed by atoms with Crippen LogP contribution in [0, 0.1) is 6.92 Å². The lowest BCUT2D eigenvalue weighted by molar-refractivity contribution is 0.0203. The molecular formula is C24H26N4O3S. The van der Waals surface area contributed by atoms with Crippen molar-refractivity contribution < 1.29 is 14.3 Å². The fourth-order valence-corrected chi connectivity index (χ4v) is 4.26. The first-order chi connectivity index (χ1) is 15.6. The molecule has 166 valence electrons. The molecule has 0 aliphatic rings. The highest BCUT2D eigenvalue weighted by atomic mass is 32.1. The zero-order valence-corrected chi connectivity index (χ0v) is 18.8. The van der Waals surface area contributed by atoms with Crippen LogP contribution >= 0.6 is 11.3 Å². The predicted molar refractivity (Wildman–Crippen MR) is 125 cm³/mol. The summed E-state index contributed by atoms with van der Waals surface area (Å²) >= 11 is 1.68. The number of benzene rings is 2. The van der Waals surface area contributed by atoms with E-state index in [1.807, 2.05) is 54.0 Å². The van der Waals surface area contributed by atoms with Gasteiger partial charge in [-0.05, 0) is 37.5 Å². The summed E-state index contributed by atoms with van der Waals surface area (Å²) in [6.07, 6.45) is 4.83. The van der Waals surface area contributed by atoms with Gasteiger partial charge in [-0.1, -0.05) is 30.3 Å². The first-order valence-electron chi connectivity index (χ1n) is 10.5. The Labute approximate surface area is 190 Å². The third kappa shape index (κ3) is 5.93. The molecule has 0 saturated heterocycles. The molecule has 0 aliphatic carbocycles. The second-order valence-electron chi connectivity index (χ2n) is 7.59. The van der Waals surface area contributed by atoms with Crippen LogP contribution < -0.4 is 10.5 Å². The molecular weight excluding hydrogens is 424 g/mol. The number of carbonyl (C=O) groups is 1. The van der Waals surface area contributed by atoms with Crippen LogP contribution in [0.5, 0.6) is 5.75 Å². The number of thiazole rings is 1. The number of ether oxygens (including phenoxy) is 2. The molecule has 0 fully saturated rings. The summed E-state index contributed by atoms with van der Waals surface area (Å²) in [7, 11) is 0. The maximum atomic E-state index is 11.3. The number of carbonyl (C=O) groups excluding carboxylic acids is 1. The van der Waals surface area contributed by atoms with E-state index in [-0.39, 0.29) is 11.8 Å². The Morgan fingerprint density at radius 2 is 2.06 bits per heavy atom. The smallest absolute Gasteiger partial charge is 0.268 e. The molecule has 4 rings (SSSR count). The van der Waals surface area contributed by atoms with Crippen LogP contribution in [0.15, 0.2) is 61.1 Å². The lowest BCUT2D eigenvalue weighted by Crippen LogP contribution is -2.21. The predicted octanol–water partition coefficient (Wildman–Crippen LogP) is 4.34. The number of hydrogen-bond donors (Lipinski definition) is 1. The highest BCUT2D eigenvalue weighted by molar-refractivity contribution is 7.18. The summed E-state index contributed by atoms with van der Waals surface area (Å²) in [6.45, 7) is 3.69. The molecule has 0 aliphatic heterocycles. The molecule has 1 amide bonds. The summed E-state index contributed by atoms with van der Waals surface area (Å²) in [6, 6.07) is 16.1. The monoisotopic (exact) mass is 450 g/mol. The van der Waals surface area contributed by atoms with E-state index in [9.17, 15) is 4.79 Å². The standard InChI is InChI=1S/C24H26N4O3S/c1-17-27-21-12-19(9-10-23(21)32-17)30-11-5-8-20(31-15-18-6-3-2-4-7-18)13-28-14-22(24(25)29)26-16-28/h2-4,6-7,9-10,12,14,16,20H,5,8,11,13,15H2,1H3,(H2,25,29)/t20-/m0/s1. The average molecular weight is 451 g/mol. The molecule has 7 nitrogen and oxygen atoms in total. The van der Waals surface area contributed by atoms with Gasteiger partial charge in [0.05, 0.1) is 40.9 Å². The number of amides is 1. The number of rotatable bonds is 11. The molecule has 0 saturated carbocycles. The minimum atomic E-state index is -0.536. The first-order valence-corrected chi connectivity index (χ1v) is 11.4. The summed E-state index contributed by atoms with van der Waals surface area (Å²) in [4.78, 5) is 19.9. The van der Waals surface area contributed by atoms with Crippen molar-refractivity contribution in [2.45, 2.75) is 39.0 Å². The van der Waals surface area contributed by atoms with E-state index in [2.05, 4.69) is 16.0 Å². The van der Waals surface area contributed by atoms with Crippen molar-refractivity contribution in [3.63, 3.8) is 0 Å². The quantitative estimate of drug-likeness (QED) is 0.343. The third-order valence-corrected chi connectivity index (χ3v) is 5.99. The molecule has 2 aromatic heterocycles. The van der Waals surface area contributed by atoms with Gasteiger partial charge in [-0.15, -0.1) is 11.3 Å². The molecule has 2 heterocycles. The van der Waals surface area contributed by atoms with Gasteiger partial charge in [-0.3, -0.25) is 4.79 Å². The Balaban J connectivity index is 1.33. The Hall–Kier alpha value is -3.23. The largest absolute Gasteiger partial charge is 0.494 e. The van der Waals surface area contributed by atoms with E-state index in [0.717, 1.165) is 34.7 Å². The SMILES string of the molecule is Cc1nc2cc(OCCC[C@@H](Cn3cnc(C(N)=O)c3)OCc3ccccc3)ccc2s1. The summed E-state index contributed by atoms with van der Waals surface area (Å²) in [5.41, 5.74) is 7.65. The van der Waals surface area contributed by atoms with Crippen molar-refractivity contribution >= 4 is 27.5 Å². The van der Waals surface area contributed by atoms with Crippen molar-refractivity contribution in [2.75, 3.05) is 6.61 Å². The van der Waals surface area contributed by atoms with Crippen molar-refractivity contribution in [3.05, 3.63) is 77.3 Å². The maximum absolute atomic E-state index is 11.3. The topological polar surface area (TPSA) is 92.3 Å². The number of nitrogens with two attached hydrogens (primary N) is 1. The van der Waals surface area contributed by atoms with Gasteiger partial charge in [-0.25, -0.2) is 9.97 Å². The van der Waals surface area contributed by atoms with E-state index in [4.69, 9.17) is 15.2 Å². The number of fused-ring (bicyclic) bond motifs is 1. The van der Waals surface area contributed by atoms with Crippen LogP contribution in [0.3, 0.4) is 0 Å². The van der Waals surface area contributed by atoms with Gasteiger partial charge in [0.2, 0.25) is 0 Å². The zero-order valence-electron chi connectivity index (χ0n) is 17.9. The van der Waals surface area contributed by atoms with Gasteiger partial charge >= 0.3 is 0 Å². The second kappa shape index (κ2) is 10.4. The van der Waals surface area contributed by atoms with E-state index in [1.165, 1.54) is 4.70 Å². The number of imidazole rings is 1. The van der Waals surface area contributed by atoms with Crippen LogP contribution in [-0.2, 0) is 17.9 Å². The fourth-order valence-electron chi connectivity index (χ4n) is 3.45. The lowest BCUT2D eigenvalue weighted by Gasteiger charge is -2.19. The summed E-state index contributed by atoms with van der Waals surface area (Å²) in [5, 5.41) is 1.05. The van der Waals surface area contributed by atoms with Crippen LogP contribution in [-0.4, -0.2) is 33.2 Å². The average Bonchev–Trinajstić information content (AvgIpc) is 3.41. The fraction of sp³-hybridized carbons (Fsp3) is 0.292. The molecule has 0 spiro atoms. The Morgan fingerprint density at radius 3 is 2.84 bits per heavy atom. The van der Waals surface area contributed by atoms with Gasteiger partial charge in [0.25, 0.3) is 5.91 Å². The van der Waals surface area contributed by atoms with Gasteiger partial charge in [-0.2, -0.15) is 0 Å². The van der Waals surface area contributed by atoms with Crippen molar-refractivity contribution in [3.8, 4) is 5.75 Å². The van der Waals surface area contributed by atoms with Gasteiger partial charge in [0, 0.05) is 18.8 Å². The first kappa shape index (κ1) is 22.0. The Kier molecular flexibility index (Phi) is 7.14. The maximum Gasteiger partial charge on any atom is 0.268 e. The molecule has 0 unspecified atom stereocenters. The molecule has 2 aromatic carbocycles. The van der Waals surface area contributed by atoms with Gasteiger partial charge < -0.3 is 19.8 Å². The van der Waals surface area contributed by atoms with Crippen molar-refractivity contribution in [2.24, 2.45) is 5.73 Å². The van der Waals surface area contributed by atoms with E-state index < -0.39 is 5.91 Å². The molecule has 2 N–H and O–H groups in total. The molecule has 0 bridgehead atoms. The Morgan fingerprint density at radius 1 is 1.22 bits per heavy atom. The van der Waals surface area contributed by atoms with Crippen molar-refractivity contribution in [1.29, 1.82) is 0 Å².